The van der Waals surface area contributed by atoms with E-state index in [-0.39, 0.29) is 18.2 Å². The van der Waals surface area contributed by atoms with Gasteiger partial charge in [0, 0.05) is 6.61 Å². The van der Waals surface area contributed by atoms with Crippen molar-refractivity contribution in [2.75, 3.05) is 19.8 Å². The molecule has 0 saturated carbocycles. The topological polar surface area (TPSA) is 84.9 Å². The largest absolute Gasteiger partial charge is 0.480 e. The molecule has 1 aromatic carbocycles. The molecule has 0 spiro atoms. The fraction of sp³-hybridized carbons (Fsp3) is 0.412. The summed E-state index contributed by atoms with van der Waals surface area (Å²) in [7, 11) is 0. The highest BCUT2D eigenvalue weighted by Crippen LogP contribution is 2.35. The Morgan fingerprint density at radius 3 is 2.96 bits per heavy atom. The summed E-state index contributed by atoms with van der Waals surface area (Å²) < 4.78 is 24.3. The van der Waals surface area contributed by atoms with Crippen LogP contribution in [-0.4, -0.2) is 42.8 Å². The number of nitrogens with one attached hydrogen (secondary N) is 1. The minimum Gasteiger partial charge on any atom is -0.480 e. The molecule has 1 aromatic rings. The van der Waals surface area contributed by atoms with Crippen LogP contribution in [0.2, 0.25) is 5.02 Å². The number of carboxylic acid groups (broad SMARTS) is 1. The smallest absolute Gasteiger partial charge is 0.328 e. The maximum Gasteiger partial charge on any atom is 0.328 e. The van der Waals surface area contributed by atoms with E-state index in [0.29, 0.717) is 18.6 Å². The lowest BCUT2D eigenvalue weighted by molar-refractivity contribution is -0.144. The van der Waals surface area contributed by atoms with Gasteiger partial charge in [0.1, 0.15) is 5.82 Å². The van der Waals surface area contributed by atoms with Crippen LogP contribution in [-0.2, 0) is 19.1 Å². The van der Waals surface area contributed by atoms with Gasteiger partial charge in [-0.25, -0.2) is 9.18 Å². The Labute approximate surface area is 149 Å². The molecule has 0 aromatic heterocycles. The van der Waals surface area contributed by atoms with Gasteiger partial charge >= 0.3 is 5.97 Å². The van der Waals surface area contributed by atoms with Crippen LogP contribution in [0.3, 0.4) is 0 Å². The molecule has 2 N–H and O–H groups in total. The molecule has 8 heteroatoms. The Bertz CT molecular complexity index is 654. The van der Waals surface area contributed by atoms with Crippen molar-refractivity contribution >= 4 is 23.5 Å². The number of benzene rings is 1. The number of halogens is 2. The molecule has 1 heterocycles. The second-order valence-electron chi connectivity index (χ2n) is 5.59. The second-order valence-corrected chi connectivity index (χ2v) is 5.99. The number of ether oxygens (including phenoxy) is 2. The van der Waals surface area contributed by atoms with Crippen LogP contribution in [0.25, 0.3) is 0 Å². The van der Waals surface area contributed by atoms with Crippen molar-refractivity contribution in [3.63, 3.8) is 0 Å². The van der Waals surface area contributed by atoms with E-state index in [0.717, 1.165) is 0 Å². The molecule has 25 heavy (non-hydrogen) atoms. The van der Waals surface area contributed by atoms with E-state index in [9.17, 15) is 19.1 Å². The van der Waals surface area contributed by atoms with Crippen molar-refractivity contribution in [1.82, 2.24) is 5.32 Å². The standard InChI is InChI=1S/C17H19ClFNO5/c1-2-6-24-9-14(17(22)23)20-16(21)11-5-7-25-15(11)10-3-4-12(18)13(19)8-10/h2-4,8,11,14-15H,1,5-7,9H2,(H,20,21)(H,22,23)/t11-,14?,15+/m1/s1. The van der Waals surface area contributed by atoms with E-state index in [2.05, 4.69) is 11.9 Å². The minimum atomic E-state index is -1.20. The summed E-state index contributed by atoms with van der Waals surface area (Å²) in [5.74, 6) is -2.91. The van der Waals surface area contributed by atoms with Crippen molar-refractivity contribution in [3.05, 3.63) is 47.3 Å². The fourth-order valence-electron chi connectivity index (χ4n) is 2.60. The lowest BCUT2D eigenvalue weighted by Crippen LogP contribution is -2.46. The average molecular weight is 372 g/mol. The summed E-state index contributed by atoms with van der Waals surface area (Å²) in [6.45, 7) is 3.78. The molecule has 1 amide bonds. The molecule has 1 aliphatic heterocycles. The van der Waals surface area contributed by atoms with Crippen molar-refractivity contribution in [1.29, 1.82) is 0 Å². The number of hydrogen-bond acceptors (Lipinski definition) is 4. The molecule has 3 atom stereocenters. The first-order valence-electron chi connectivity index (χ1n) is 7.72. The van der Waals surface area contributed by atoms with E-state index in [1.165, 1.54) is 18.2 Å². The highest BCUT2D eigenvalue weighted by atomic mass is 35.5. The van der Waals surface area contributed by atoms with Gasteiger partial charge in [0.15, 0.2) is 6.04 Å². The summed E-state index contributed by atoms with van der Waals surface area (Å²) in [6.07, 6.45) is 1.23. The Morgan fingerprint density at radius 2 is 2.32 bits per heavy atom. The van der Waals surface area contributed by atoms with Gasteiger partial charge in [0.05, 0.1) is 30.3 Å². The average Bonchev–Trinajstić information content (AvgIpc) is 3.06. The molecule has 1 unspecified atom stereocenters. The van der Waals surface area contributed by atoms with Gasteiger partial charge in [-0.05, 0) is 24.1 Å². The molecule has 1 saturated heterocycles. The van der Waals surface area contributed by atoms with Gasteiger partial charge in [-0.3, -0.25) is 4.79 Å². The van der Waals surface area contributed by atoms with E-state index < -0.39 is 35.8 Å². The number of rotatable bonds is 8. The maximum atomic E-state index is 13.7. The fourth-order valence-corrected chi connectivity index (χ4v) is 2.72. The van der Waals surface area contributed by atoms with Gasteiger partial charge in [0.25, 0.3) is 0 Å². The zero-order chi connectivity index (χ0) is 18.4. The SMILES string of the molecule is C=CCOCC(NC(=O)[C@@H]1CCO[C@H]1c1ccc(Cl)c(F)c1)C(=O)O. The van der Waals surface area contributed by atoms with Gasteiger partial charge in [0.2, 0.25) is 5.91 Å². The van der Waals surface area contributed by atoms with E-state index in [1.54, 1.807) is 6.07 Å². The Kier molecular flexibility index (Phi) is 6.92. The van der Waals surface area contributed by atoms with Crippen molar-refractivity contribution in [2.24, 2.45) is 5.92 Å². The zero-order valence-electron chi connectivity index (χ0n) is 13.4. The first-order chi connectivity index (χ1) is 11.9. The molecular weight excluding hydrogens is 353 g/mol. The third kappa shape index (κ3) is 5.01. The summed E-state index contributed by atoms with van der Waals surface area (Å²) in [6, 6.07) is 3.02. The first-order valence-corrected chi connectivity index (χ1v) is 8.10. The number of aliphatic carboxylic acids is 1. The van der Waals surface area contributed by atoms with Gasteiger partial charge in [-0.2, -0.15) is 0 Å². The molecule has 6 nitrogen and oxygen atoms in total. The van der Waals surface area contributed by atoms with Crippen molar-refractivity contribution < 1.29 is 28.6 Å². The van der Waals surface area contributed by atoms with Gasteiger partial charge in [-0.1, -0.05) is 23.7 Å². The Hall–Kier alpha value is -1.96. The van der Waals surface area contributed by atoms with Crippen LogP contribution >= 0.6 is 11.6 Å². The van der Waals surface area contributed by atoms with Crippen LogP contribution < -0.4 is 5.32 Å². The predicted molar refractivity (Wildman–Crippen MR) is 88.8 cm³/mol. The van der Waals surface area contributed by atoms with Crippen molar-refractivity contribution in [3.8, 4) is 0 Å². The van der Waals surface area contributed by atoms with Crippen LogP contribution in [0, 0.1) is 11.7 Å². The van der Waals surface area contributed by atoms with E-state index in [1.807, 2.05) is 0 Å². The molecule has 1 aliphatic rings. The summed E-state index contributed by atoms with van der Waals surface area (Å²) in [5.41, 5.74) is 0.481. The maximum absolute atomic E-state index is 13.7. The second kappa shape index (κ2) is 8.94. The normalized spacial score (nSPS) is 20.9. The summed E-state index contributed by atoms with van der Waals surface area (Å²) in [4.78, 5) is 23.7. The summed E-state index contributed by atoms with van der Waals surface area (Å²) >= 11 is 5.67. The lowest BCUT2D eigenvalue weighted by atomic mass is 9.94. The minimum absolute atomic E-state index is 0.0203. The lowest BCUT2D eigenvalue weighted by Gasteiger charge is -2.21. The van der Waals surface area contributed by atoms with Crippen molar-refractivity contribution in [2.45, 2.75) is 18.6 Å². The van der Waals surface area contributed by atoms with E-state index in [4.69, 9.17) is 21.1 Å². The van der Waals surface area contributed by atoms with Gasteiger partial charge < -0.3 is 19.9 Å². The summed E-state index contributed by atoms with van der Waals surface area (Å²) in [5, 5.41) is 11.6. The highest BCUT2D eigenvalue weighted by Gasteiger charge is 2.37. The first kappa shape index (κ1) is 19.4. The molecule has 136 valence electrons. The molecule has 0 bridgehead atoms. The highest BCUT2D eigenvalue weighted by molar-refractivity contribution is 6.30. The van der Waals surface area contributed by atoms with E-state index >= 15 is 0 Å². The molecule has 0 aliphatic carbocycles. The number of carbonyl (C=O) groups is 2. The quantitative estimate of drug-likeness (QED) is 0.541. The van der Waals surface area contributed by atoms with Crippen LogP contribution in [0.5, 0.6) is 0 Å². The molecular formula is C17H19ClFNO5. The molecule has 0 radical (unpaired) electrons. The molecule has 2 rings (SSSR count). The Morgan fingerprint density at radius 1 is 1.56 bits per heavy atom. The van der Waals surface area contributed by atoms with Crippen LogP contribution in [0.15, 0.2) is 30.9 Å². The Balaban J connectivity index is 2.06. The third-order valence-electron chi connectivity index (χ3n) is 3.84. The number of hydrogen-bond donors (Lipinski definition) is 2. The number of carbonyl (C=O) groups excluding carboxylic acids is 1. The zero-order valence-corrected chi connectivity index (χ0v) is 14.2. The van der Waals surface area contributed by atoms with Gasteiger partial charge in [-0.15, -0.1) is 6.58 Å². The van der Waals surface area contributed by atoms with Crippen LogP contribution in [0.1, 0.15) is 18.1 Å². The predicted octanol–water partition coefficient (Wildman–Crippen LogP) is 2.33. The molecule has 1 fully saturated rings. The number of amides is 1. The number of carboxylic acids is 1. The van der Waals surface area contributed by atoms with Crippen LogP contribution in [0.4, 0.5) is 4.39 Å². The third-order valence-corrected chi connectivity index (χ3v) is 4.14. The monoisotopic (exact) mass is 371 g/mol.